The number of urea groups is 1. The lowest BCUT2D eigenvalue weighted by Gasteiger charge is -2.37. The average Bonchev–Trinajstić information content (AvgIpc) is 3.40. The molecule has 3 aromatic rings. The fourth-order valence-electron chi connectivity index (χ4n) is 6.88. The van der Waals surface area contributed by atoms with Gasteiger partial charge in [0.1, 0.15) is 18.4 Å². The van der Waals surface area contributed by atoms with Crippen molar-refractivity contribution in [2.75, 3.05) is 44.2 Å². The molecule has 0 radical (unpaired) electrons. The molecule has 3 aliphatic rings. The predicted molar refractivity (Wildman–Crippen MR) is 184 cm³/mol. The maximum Gasteiger partial charge on any atom is 0.329 e. The summed E-state index contributed by atoms with van der Waals surface area (Å²) < 4.78 is 36.1. The van der Waals surface area contributed by atoms with Crippen LogP contribution in [0.5, 0.6) is 5.75 Å². The summed E-state index contributed by atoms with van der Waals surface area (Å²) in [4.78, 5) is 28.1. The van der Waals surface area contributed by atoms with E-state index in [1.165, 1.54) is 33.0 Å². The first-order valence-corrected chi connectivity index (χ1v) is 17.8. The quantitative estimate of drug-likeness (QED) is 0.340. The van der Waals surface area contributed by atoms with E-state index in [4.69, 9.17) is 10.5 Å². The van der Waals surface area contributed by atoms with E-state index >= 15 is 0 Å². The Morgan fingerprint density at radius 2 is 1.79 bits per heavy atom. The molecule has 1 atom stereocenters. The van der Waals surface area contributed by atoms with Crippen molar-refractivity contribution in [1.82, 2.24) is 24.3 Å². The lowest BCUT2D eigenvalue weighted by Crippen LogP contribution is -2.49. The van der Waals surface area contributed by atoms with Crippen LogP contribution in [-0.4, -0.2) is 90.8 Å². The van der Waals surface area contributed by atoms with Gasteiger partial charge in [-0.3, -0.25) is 24.6 Å². The van der Waals surface area contributed by atoms with Gasteiger partial charge >= 0.3 is 6.03 Å². The van der Waals surface area contributed by atoms with E-state index in [2.05, 4.69) is 40.4 Å². The van der Waals surface area contributed by atoms with E-state index in [-0.39, 0.29) is 47.5 Å². The number of aryl methyl sites for hydroxylation is 1. The average molecular weight is 699 g/mol. The predicted octanol–water partition coefficient (Wildman–Crippen LogP) is 3.46. The number of nitriles is 1. The number of ether oxygens (including phenoxy) is 1. The summed E-state index contributed by atoms with van der Waals surface area (Å²) in [6.45, 7) is 5.27. The Morgan fingerprint density at radius 3 is 2.46 bits per heavy atom. The summed E-state index contributed by atoms with van der Waals surface area (Å²) in [5, 5.41) is 17.6. The number of nitrogens with two attached hydrogens (primary N) is 1. The van der Waals surface area contributed by atoms with Crippen molar-refractivity contribution in [2.45, 2.75) is 68.3 Å². The minimum atomic E-state index is -3.72. The molecule has 48 heavy (non-hydrogen) atoms. The number of sulfonamides is 1. The SMILES string of the molecule is CCC(COc1cc(S(=O)(=O)N2CCC(N)CC2)ccc1C#N)N1CCC(c2ccc3c(N4CCC(=O)NC4=O)nn(C)c3c2)CC1.Cl. The molecule has 3 fully saturated rings. The molecule has 1 aromatic heterocycles. The zero-order chi connectivity index (χ0) is 33.3. The zero-order valence-electron chi connectivity index (χ0n) is 27.3. The zero-order valence-corrected chi connectivity index (χ0v) is 28.9. The summed E-state index contributed by atoms with van der Waals surface area (Å²) >= 11 is 0. The highest BCUT2D eigenvalue weighted by molar-refractivity contribution is 7.89. The van der Waals surface area contributed by atoms with Crippen LogP contribution in [0, 0.1) is 11.3 Å². The number of halogens is 1. The highest BCUT2D eigenvalue weighted by Crippen LogP contribution is 2.34. The van der Waals surface area contributed by atoms with Crippen LogP contribution in [0.4, 0.5) is 10.6 Å². The Kier molecular flexibility index (Phi) is 11.0. The number of benzene rings is 2. The Morgan fingerprint density at radius 1 is 1.06 bits per heavy atom. The number of piperidine rings is 2. The van der Waals surface area contributed by atoms with Crippen LogP contribution < -0.4 is 20.7 Å². The second-order valence-electron chi connectivity index (χ2n) is 12.7. The summed E-state index contributed by atoms with van der Waals surface area (Å²) in [5.74, 6) is 0.925. The first-order chi connectivity index (χ1) is 22.6. The number of carbonyl (C=O) groups is 2. The number of amides is 3. The molecule has 0 aliphatic carbocycles. The number of imide groups is 1. The number of aromatic nitrogens is 2. The number of hydrogen-bond acceptors (Lipinski definition) is 9. The highest BCUT2D eigenvalue weighted by Gasteiger charge is 2.31. The molecular weight excluding hydrogens is 656 g/mol. The maximum absolute atomic E-state index is 13.3. The molecule has 3 aliphatic heterocycles. The van der Waals surface area contributed by atoms with Gasteiger partial charge in [-0.25, -0.2) is 13.2 Å². The van der Waals surface area contributed by atoms with E-state index in [0.717, 1.165) is 43.3 Å². The number of nitrogens with one attached hydrogen (secondary N) is 1. The van der Waals surface area contributed by atoms with E-state index in [9.17, 15) is 23.3 Å². The molecule has 15 heteroatoms. The number of anilines is 1. The molecule has 1 unspecified atom stereocenters. The third-order valence-electron chi connectivity index (χ3n) is 9.80. The van der Waals surface area contributed by atoms with Gasteiger partial charge in [-0.15, -0.1) is 12.4 Å². The largest absolute Gasteiger partial charge is 0.491 e. The van der Waals surface area contributed by atoms with E-state index in [1.807, 2.05) is 13.1 Å². The standard InChI is InChI=1S/C33H42N8O5S.ClH/c1-3-26(21-46-30-19-27(6-4-24(30)20-34)47(44,45)40-15-10-25(35)11-16-40)39-13-8-22(9-14-39)23-5-7-28-29(18-23)38(2)37-32(28)41-17-12-31(42)36-33(41)43;/h4-7,18-19,22,25-26H,3,8-17,21,35H2,1-2H3,(H,36,42,43);1H. The van der Waals surface area contributed by atoms with Crippen molar-refractivity contribution in [2.24, 2.45) is 12.8 Å². The molecule has 13 nitrogen and oxygen atoms in total. The summed E-state index contributed by atoms with van der Waals surface area (Å²) in [6.07, 6.45) is 4.25. The van der Waals surface area contributed by atoms with Crippen molar-refractivity contribution >= 4 is 51.1 Å². The third-order valence-corrected chi connectivity index (χ3v) is 11.7. The van der Waals surface area contributed by atoms with Crippen molar-refractivity contribution < 1.29 is 22.7 Å². The molecular formula is C33H43ClN8O5S. The minimum absolute atomic E-state index is 0. The molecule has 258 valence electrons. The van der Waals surface area contributed by atoms with Crippen LogP contribution in [0.25, 0.3) is 10.9 Å². The maximum atomic E-state index is 13.3. The molecule has 3 N–H and O–H groups in total. The van der Waals surface area contributed by atoms with Gasteiger partial charge in [0.15, 0.2) is 5.82 Å². The first kappa shape index (κ1) is 35.6. The third kappa shape index (κ3) is 7.16. The smallest absolute Gasteiger partial charge is 0.329 e. The van der Waals surface area contributed by atoms with Gasteiger partial charge in [0.05, 0.1) is 16.0 Å². The Balaban J connectivity index is 0.00000451. The van der Waals surface area contributed by atoms with Gasteiger partial charge in [-0.2, -0.15) is 14.7 Å². The van der Waals surface area contributed by atoms with Crippen molar-refractivity contribution in [3.63, 3.8) is 0 Å². The molecule has 0 spiro atoms. The molecule has 0 bridgehead atoms. The normalized spacial score (nSPS) is 19.5. The Hall–Kier alpha value is -3.74. The Labute approximate surface area is 287 Å². The van der Waals surface area contributed by atoms with Crippen LogP contribution in [0.3, 0.4) is 0 Å². The van der Waals surface area contributed by atoms with Gasteiger partial charge in [-0.05, 0) is 80.9 Å². The van der Waals surface area contributed by atoms with E-state index in [1.54, 1.807) is 4.68 Å². The van der Waals surface area contributed by atoms with Gasteiger partial charge in [0, 0.05) is 56.6 Å². The van der Waals surface area contributed by atoms with Crippen LogP contribution >= 0.6 is 12.4 Å². The van der Waals surface area contributed by atoms with Gasteiger partial charge in [0.2, 0.25) is 15.9 Å². The fourth-order valence-corrected chi connectivity index (χ4v) is 8.37. The number of rotatable bonds is 9. The molecule has 0 saturated carbocycles. The highest BCUT2D eigenvalue weighted by atomic mass is 35.5. The van der Waals surface area contributed by atoms with Gasteiger partial charge in [-0.1, -0.05) is 13.0 Å². The van der Waals surface area contributed by atoms with Crippen molar-refractivity contribution in [1.29, 1.82) is 5.26 Å². The molecule has 3 saturated heterocycles. The fraction of sp³-hybridized carbons (Fsp3) is 0.515. The lowest BCUT2D eigenvalue weighted by molar-refractivity contribution is -0.120. The monoisotopic (exact) mass is 698 g/mol. The van der Waals surface area contributed by atoms with Crippen molar-refractivity contribution in [3.8, 4) is 11.8 Å². The number of hydrogen-bond donors (Lipinski definition) is 2. The molecule has 2 aromatic carbocycles. The summed E-state index contributed by atoms with van der Waals surface area (Å²) in [7, 11) is -1.85. The van der Waals surface area contributed by atoms with Crippen LogP contribution in [0.15, 0.2) is 41.3 Å². The van der Waals surface area contributed by atoms with E-state index in [0.29, 0.717) is 56.4 Å². The second kappa shape index (κ2) is 14.8. The summed E-state index contributed by atoms with van der Waals surface area (Å²) in [5.41, 5.74) is 8.44. The van der Waals surface area contributed by atoms with Gasteiger partial charge < -0.3 is 10.5 Å². The van der Waals surface area contributed by atoms with Crippen LogP contribution in [0.1, 0.15) is 62.5 Å². The number of carbonyl (C=O) groups excluding carboxylic acids is 2. The Bertz CT molecular complexity index is 1810. The number of nitrogens with zero attached hydrogens (tertiary/aromatic N) is 6. The van der Waals surface area contributed by atoms with Gasteiger partial charge in [0.25, 0.3) is 0 Å². The molecule has 6 rings (SSSR count). The van der Waals surface area contributed by atoms with Crippen molar-refractivity contribution in [3.05, 3.63) is 47.5 Å². The van der Waals surface area contributed by atoms with Crippen LogP contribution in [0.2, 0.25) is 0 Å². The minimum Gasteiger partial charge on any atom is -0.491 e. The lowest BCUT2D eigenvalue weighted by atomic mass is 9.88. The van der Waals surface area contributed by atoms with Crippen LogP contribution in [-0.2, 0) is 21.9 Å². The van der Waals surface area contributed by atoms with E-state index < -0.39 is 16.1 Å². The molecule has 4 heterocycles. The topological polar surface area (TPSA) is 167 Å². The first-order valence-electron chi connectivity index (χ1n) is 16.3. The second-order valence-corrected chi connectivity index (χ2v) is 14.6. The molecule has 3 amide bonds. The number of fused-ring (bicyclic) bond motifs is 1. The number of likely N-dealkylation sites (tertiary alicyclic amines) is 1. The summed E-state index contributed by atoms with van der Waals surface area (Å²) in [6, 6.07) is 12.6.